The minimum absolute atomic E-state index is 0.0232. The molecule has 2 aromatic carbocycles. The molecule has 0 spiro atoms. The van der Waals surface area contributed by atoms with E-state index in [9.17, 15) is 9.59 Å². The maximum atomic E-state index is 15.4. The minimum Gasteiger partial charge on any atom is -0.462 e. The Morgan fingerprint density at radius 1 is 0.905 bits per heavy atom. The van der Waals surface area contributed by atoms with E-state index in [0.717, 1.165) is 42.4 Å². The third-order valence-electron chi connectivity index (χ3n) is 7.53. The average Bonchev–Trinajstić information content (AvgIpc) is 3.00. The van der Waals surface area contributed by atoms with Gasteiger partial charge in [-0.1, -0.05) is 69.7 Å². The van der Waals surface area contributed by atoms with E-state index in [0.29, 0.717) is 30.6 Å². The Labute approximate surface area is 248 Å². The maximum Gasteiger partial charge on any atom is 0.335 e. The molecule has 1 fully saturated rings. The molecule has 2 aromatic rings. The summed E-state index contributed by atoms with van der Waals surface area (Å²) in [5, 5.41) is 18.2. The SMILES string of the molecule is C=C(CO)C(=O)OCCc1cc(CCOC(=O)C(=C)CO)cc(-c2ccc(C3CCC(CCCCC)OC3)c(F)c2)c1. The molecule has 1 saturated heterocycles. The second-order valence-electron chi connectivity index (χ2n) is 10.8. The van der Waals surface area contributed by atoms with Crippen LogP contribution < -0.4 is 0 Å². The number of hydrogen-bond acceptors (Lipinski definition) is 7. The molecule has 2 unspecified atom stereocenters. The molecule has 7 nitrogen and oxygen atoms in total. The van der Waals surface area contributed by atoms with Crippen LogP contribution >= 0.6 is 0 Å². The van der Waals surface area contributed by atoms with Gasteiger partial charge >= 0.3 is 11.9 Å². The summed E-state index contributed by atoms with van der Waals surface area (Å²) in [4.78, 5) is 23.8. The number of ether oxygens (including phenoxy) is 3. The molecular formula is C34H43FO7. The molecule has 228 valence electrons. The molecular weight excluding hydrogens is 539 g/mol. The lowest BCUT2D eigenvalue weighted by atomic mass is 9.88. The molecule has 0 radical (unpaired) electrons. The monoisotopic (exact) mass is 582 g/mol. The lowest BCUT2D eigenvalue weighted by Crippen LogP contribution is -2.25. The van der Waals surface area contributed by atoms with Crippen molar-refractivity contribution in [2.45, 2.75) is 70.3 Å². The lowest BCUT2D eigenvalue weighted by Gasteiger charge is -2.29. The van der Waals surface area contributed by atoms with Crippen molar-refractivity contribution in [1.82, 2.24) is 0 Å². The smallest absolute Gasteiger partial charge is 0.335 e. The summed E-state index contributed by atoms with van der Waals surface area (Å²) < 4.78 is 31.9. The van der Waals surface area contributed by atoms with Gasteiger partial charge in [0, 0.05) is 18.8 Å². The van der Waals surface area contributed by atoms with Crippen LogP contribution in [0.25, 0.3) is 11.1 Å². The van der Waals surface area contributed by atoms with E-state index in [1.54, 1.807) is 6.07 Å². The Bertz CT molecular complexity index is 1180. The zero-order valence-electron chi connectivity index (χ0n) is 24.5. The van der Waals surface area contributed by atoms with Crippen LogP contribution in [0.15, 0.2) is 60.7 Å². The maximum absolute atomic E-state index is 15.4. The van der Waals surface area contributed by atoms with Gasteiger partial charge < -0.3 is 24.4 Å². The third kappa shape index (κ3) is 9.89. The number of carbonyl (C=O) groups is 2. The zero-order valence-corrected chi connectivity index (χ0v) is 24.5. The van der Waals surface area contributed by atoms with Crippen LogP contribution in [-0.4, -0.2) is 61.3 Å². The van der Waals surface area contributed by atoms with Crippen LogP contribution in [0.2, 0.25) is 0 Å². The Hall–Kier alpha value is -3.33. The molecule has 1 aliphatic heterocycles. The van der Waals surface area contributed by atoms with Crippen molar-refractivity contribution in [3.05, 3.63) is 83.2 Å². The highest BCUT2D eigenvalue weighted by atomic mass is 19.1. The molecule has 8 heteroatoms. The van der Waals surface area contributed by atoms with Crippen LogP contribution in [0.4, 0.5) is 4.39 Å². The Morgan fingerprint density at radius 3 is 2.02 bits per heavy atom. The zero-order chi connectivity index (χ0) is 30.5. The van der Waals surface area contributed by atoms with Crippen LogP contribution in [0, 0.1) is 5.82 Å². The van der Waals surface area contributed by atoms with E-state index in [1.165, 1.54) is 12.8 Å². The third-order valence-corrected chi connectivity index (χ3v) is 7.53. The van der Waals surface area contributed by atoms with Crippen molar-refractivity contribution in [2.75, 3.05) is 33.0 Å². The van der Waals surface area contributed by atoms with Gasteiger partial charge in [0.2, 0.25) is 0 Å². The summed E-state index contributed by atoms with van der Waals surface area (Å²) in [6, 6.07) is 11.0. The fourth-order valence-corrected chi connectivity index (χ4v) is 5.01. The number of esters is 2. The van der Waals surface area contributed by atoms with Gasteiger partial charge in [0.05, 0.1) is 50.3 Å². The Morgan fingerprint density at radius 2 is 1.52 bits per heavy atom. The van der Waals surface area contributed by atoms with Gasteiger partial charge in [0.25, 0.3) is 0 Å². The predicted octanol–water partition coefficient (Wildman–Crippen LogP) is 5.60. The fourth-order valence-electron chi connectivity index (χ4n) is 5.01. The number of benzene rings is 2. The van der Waals surface area contributed by atoms with E-state index in [-0.39, 0.29) is 42.2 Å². The first-order chi connectivity index (χ1) is 20.2. The topological polar surface area (TPSA) is 102 Å². The van der Waals surface area contributed by atoms with E-state index in [1.807, 2.05) is 30.3 Å². The first-order valence-electron chi connectivity index (χ1n) is 14.7. The molecule has 0 aromatic heterocycles. The van der Waals surface area contributed by atoms with Crippen LogP contribution in [0.1, 0.15) is 68.1 Å². The molecule has 0 saturated carbocycles. The van der Waals surface area contributed by atoms with Gasteiger partial charge in [-0.2, -0.15) is 0 Å². The molecule has 2 N–H and O–H groups in total. The molecule has 42 heavy (non-hydrogen) atoms. The van der Waals surface area contributed by atoms with Gasteiger partial charge in [-0.05, 0) is 53.1 Å². The summed E-state index contributed by atoms with van der Waals surface area (Å²) in [6.07, 6.45) is 7.47. The number of unbranched alkanes of at least 4 members (excludes halogenated alkanes) is 2. The van der Waals surface area contributed by atoms with Crippen molar-refractivity contribution < 1.29 is 38.4 Å². The minimum atomic E-state index is -0.665. The van der Waals surface area contributed by atoms with Crippen molar-refractivity contribution in [3.8, 4) is 11.1 Å². The lowest BCUT2D eigenvalue weighted by molar-refractivity contribution is -0.140. The quantitative estimate of drug-likeness (QED) is 0.151. The molecule has 3 rings (SSSR count). The molecule has 0 amide bonds. The van der Waals surface area contributed by atoms with E-state index >= 15 is 4.39 Å². The molecule has 1 aliphatic rings. The van der Waals surface area contributed by atoms with Gasteiger partial charge in [-0.15, -0.1) is 0 Å². The Kier molecular flexibility index (Phi) is 13.4. The molecule has 2 atom stereocenters. The summed E-state index contributed by atoms with van der Waals surface area (Å²) in [5.74, 6) is -1.58. The standard InChI is InChI=1S/C34H43FO7/c1-4-5-6-7-30-10-8-28(22-42-30)31-11-9-27(19-32(31)35)29-17-25(12-14-40-33(38)23(2)20-36)16-26(18-29)13-15-41-34(39)24(3)21-37/h9,11,16-19,28,30,36-37H,2-8,10,12-15,20-22H2,1H3. The first-order valence-corrected chi connectivity index (χ1v) is 14.7. The second-order valence-corrected chi connectivity index (χ2v) is 10.8. The summed E-state index contributed by atoms with van der Waals surface area (Å²) in [6.45, 7) is 8.83. The number of halogens is 1. The van der Waals surface area contributed by atoms with Gasteiger partial charge in [-0.25, -0.2) is 14.0 Å². The van der Waals surface area contributed by atoms with Crippen LogP contribution in [0.3, 0.4) is 0 Å². The summed E-state index contributed by atoms with van der Waals surface area (Å²) in [7, 11) is 0. The predicted molar refractivity (Wildman–Crippen MR) is 159 cm³/mol. The van der Waals surface area contributed by atoms with Crippen LogP contribution in [-0.2, 0) is 36.6 Å². The Balaban J connectivity index is 1.74. The summed E-state index contributed by atoms with van der Waals surface area (Å²) >= 11 is 0. The number of rotatable bonds is 16. The fraction of sp³-hybridized carbons (Fsp3) is 0.471. The van der Waals surface area contributed by atoms with Gasteiger partial charge in [0.1, 0.15) is 5.82 Å². The molecule has 0 aliphatic carbocycles. The molecule has 0 bridgehead atoms. The summed E-state index contributed by atoms with van der Waals surface area (Å²) in [5.41, 5.74) is 3.77. The highest BCUT2D eigenvalue weighted by Crippen LogP contribution is 2.34. The van der Waals surface area contributed by atoms with E-state index in [2.05, 4.69) is 20.1 Å². The second kappa shape index (κ2) is 16.9. The number of carbonyl (C=O) groups excluding carboxylic acids is 2. The van der Waals surface area contributed by atoms with Crippen molar-refractivity contribution in [2.24, 2.45) is 0 Å². The first kappa shape index (κ1) is 33.2. The number of aliphatic hydroxyl groups is 2. The number of aliphatic hydroxyl groups excluding tert-OH is 2. The van der Waals surface area contributed by atoms with Gasteiger partial charge in [0.15, 0.2) is 0 Å². The molecule has 1 heterocycles. The van der Waals surface area contributed by atoms with E-state index in [4.69, 9.17) is 24.4 Å². The van der Waals surface area contributed by atoms with Crippen molar-refractivity contribution in [1.29, 1.82) is 0 Å². The van der Waals surface area contributed by atoms with E-state index < -0.39 is 25.2 Å². The average molecular weight is 583 g/mol. The largest absolute Gasteiger partial charge is 0.462 e. The van der Waals surface area contributed by atoms with Crippen molar-refractivity contribution in [3.63, 3.8) is 0 Å². The normalized spacial score (nSPS) is 16.6. The number of hydrogen-bond donors (Lipinski definition) is 2. The van der Waals surface area contributed by atoms with Crippen molar-refractivity contribution >= 4 is 11.9 Å². The highest BCUT2D eigenvalue weighted by molar-refractivity contribution is 5.88. The van der Waals surface area contributed by atoms with Crippen LogP contribution in [0.5, 0.6) is 0 Å². The highest BCUT2D eigenvalue weighted by Gasteiger charge is 2.25. The van der Waals surface area contributed by atoms with Gasteiger partial charge in [-0.3, -0.25) is 0 Å².